The Morgan fingerprint density at radius 3 is 2.17 bits per heavy atom. The third-order valence-corrected chi connectivity index (χ3v) is 4.14. The first kappa shape index (κ1) is 17.1. The Balaban J connectivity index is 2.34. The van der Waals surface area contributed by atoms with E-state index in [-0.39, 0.29) is 11.9 Å². The first-order valence-electron chi connectivity index (χ1n) is 8.16. The molecule has 0 atom stereocenters. The number of para-hydroxylation sites is 1. The predicted molar refractivity (Wildman–Crippen MR) is 98.5 cm³/mol. The van der Waals surface area contributed by atoms with Crippen molar-refractivity contribution in [3.63, 3.8) is 0 Å². The van der Waals surface area contributed by atoms with Crippen LogP contribution < -0.4 is 9.80 Å². The quantitative estimate of drug-likeness (QED) is 0.811. The second kappa shape index (κ2) is 7.32. The Hall–Kier alpha value is -2.29. The maximum atomic E-state index is 13.0. The molecular weight excluding hydrogens is 284 g/mol. The minimum atomic E-state index is 0.0417. The van der Waals surface area contributed by atoms with Crippen LogP contribution in [0.5, 0.6) is 0 Å². The third-order valence-electron chi connectivity index (χ3n) is 4.14. The van der Waals surface area contributed by atoms with Gasteiger partial charge in [0, 0.05) is 36.6 Å². The van der Waals surface area contributed by atoms with Crippen LogP contribution in [0.1, 0.15) is 36.7 Å². The fourth-order valence-electron chi connectivity index (χ4n) is 2.64. The molecule has 0 bridgehead atoms. The third kappa shape index (κ3) is 3.73. The summed E-state index contributed by atoms with van der Waals surface area (Å²) in [7, 11) is 2.05. The van der Waals surface area contributed by atoms with Gasteiger partial charge in [0.15, 0.2) is 0 Å². The molecule has 0 radical (unpaired) electrons. The molecule has 23 heavy (non-hydrogen) atoms. The summed E-state index contributed by atoms with van der Waals surface area (Å²) in [6.45, 7) is 9.18. The van der Waals surface area contributed by atoms with Crippen molar-refractivity contribution in [3.05, 3.63) is 59.7 Å². The summed E-state index contributed by atoms with van der Waals surface area (Å²) in [6.07, 6.45) is 0. The second-order valence-electron chi connectivity index (χ2n) is 6.12. The van der Waals surface area contributed by atoms with Crippen LogP contribution in [-0.4, -0.2) is 25.5 Å². The van der Waals surface area contributed by atoms with Crippen LogP contribution in [0.3, 0.4) is 0 Å². The number of anilines is 2. The number of nitrogens with zero attached hydrogens (tertiary/aromatic N) is 2. The summed E-state index contributed by atoms with van der Waals surface area (Å²) in [5.41, 5.74) is 3.92. The summed E-state index contributed by atoms with van der Waals surface area (Å²) < 4.78 is 0. The lowest BCUT2D eigenvalue weighted by molar-refractivity contribution is 0.0980. The van der Waals surface area contributed by atoms with E-state index in [1.165, 1.54) is 0 Å². The molecule has 0 saturated carbocycles. The molecule has 0 aromatic heterocycles. The van der Waals surface area contributed by atoms with Crippen molar-refractivity contribution in [2.24, 2.45) is 0 Å². The summed E-state index contributed by atoms with van der Waals surface area (Å²) in [5, 5.41) is 0. The fraction of sp³-hybridized carbons (Fsp3) is 0.350. The van der Waals surface area contributed by atoms with Gasteiger partial charge in [0.05, 0.1) is 0 Å². The van der Waals surface area contributed by atoms with E-state index in [0.717, 1.165) is 29.0 Å². The van der Waals surface area contributed by atoms with Gasteiger partial charge < -0.3 is 9.80 Å². The van der Waals surface area contributed by atoms with Crippen molar-refractivity contribution in [2.75, 3.05) is 23.4 Å². The van der Waals surface area contributed by atoms with Crippen LogP contribution in [0, 0.1) is 6.92 Å². The van der Waals surface area contributed by atoms with Gasteiger partial charge in [-0.05, 0) is 63.6 Å². The Morgan fingerprint density at radius 2 is 1.65 bits per heavy atom. The zero-order chi connectivity index (χ0) is 17.0. The van der Waals surface area contributed by atoms with Gasteiger partial charge in [0.1, 0.15) is 0 Å². The average Bonchev–Trinajstić information content (AvgIpc) is 2.56. The van der Waals surface area contributed by atoms with E-state index in [1.54, 1.807) is 0 Å². The van der Waals surface area contributed by atoms with E-state index in [2.05, 4.69) is 11.8 Å². The molecule has 2 rings (SSSR count). The standard InChI is InChI=1S/C20H26N2O/c1-6-21(5)18-13-11-17(12-14-18)20(23)22(15(2)3)19-10-8-7-9-16(19)4/h7-15H,6H2,1-5H3. The molecule has 0 aliphatic heterocycles. The second-order valence-corrected chi connectivity index (χ2v) is 6.12. The van der Waals surface area contributed by atoms with Gasteiger partial charge in [-0.15, -0.1) is 0 Å². The van der Waals surface area contributed by atoms with Crippen molar-refractivity contribution in [1.29, 1.82) is 0 Å². The molecule has 0 N–H and O–H groups in total. The number of benzene rings is 2. The van der Waals surface area contributed by atoms with E-state index in [0.29, 0.717) is 0 Å². The molecule has 0 saturated heterocycles. The number of hydrogen-bond donors (Lipinski definition) is 0. The van der Waals surface area contributed by atoms with Crippen LogP contribution in [0.25, 0.3) is 0 Å². The van der Waals surface area contributed by atoms with E-state index in [4.69, 9.17) is 0 Å². The van der Waals surface area contributed by atoms with Crippen molar-refractivity contribution in [2.45, 2.75) is 33.7 Å². The highest BCUT2D eigenvalue weighted by molar-refractivity contribution is 6.07. The van der Waals surface area contributed by atoms with Crippen molar-refractivity contribution < 1.29 is 4.79 Å². The van der Waals surface area contributed by atoms with Gasteiger partial charge in [-0.25, -0.2) is 0 Å². The molecule has 3 heteroatoms. The molecule has 0 unspecified atom stereocenters. The number of carbonyl (C=O) groups is 1. The maximum Gasteiger partial charge on any atom is 0.258 e. The topological polar surface area (TPSA) is 23.6 Å². The van der Waals surface area contributed by atoms with Gasteiger partial charge in [-0.1, -0.05) is 18.2 Å². The molecular formula is C20H26N2O. The van der Waals surface area contributed by atoms with Crippen LogP contribution in [-0.2, 0) is 0 Å². The Labute approximate surface area is 139 Å². The molecule has 0 spiro atoms. The number of rotatable bonds is 5. The lowest BCUT2D eigenvalue weighted by atomic mass is 10.1. The number of amides is 1. The zero-order valence-electron chi connectivity index (χ0n) is 14.7. The summed E-state index contributed by atoms with van der Waals surface area (Å²) >= 11 is 0. The summed E-state index contributed by atoms with van der Waals surface area (Å²) in [4.78, 5) is 17.0. The molecule has 2 aromatic carbocycles. The Bertz CT molecular complexity index is 662. The molecule has 122 valence electrons. The first-order chi connectivity index (χ1) is 11.0. The van der Waals surface area contributed by atoms with Gasteiger partial charge in [0.25, 0.3) is 5.91 Å². The van der Waals surface area contributed by atoms with Crippen molar-refractivity contribution in [1.82, 2.24) is 0 Å². The molecule has 0 fully saturated rings. The highest BCUT2D eigenvalue weighted by Gasteiger charge is 2.21. The van der Waals surface area contributed by atoms with E-state index < -0.39 is 0 Å². The molecule has 3 nitrogen and oxygen atoms in total. The normalized spacial score (nSPS) is 10.7. The minimum absolute atomic E-state index is 0.0417. The van der Waals surface area contributed by atoms with E-state index >= 15 is 0 Å². The van der Waals surface area contributed by atoms with Crippen LogP contribution >= 0.6 is 0 Å². The van der Waals surface area contributed by atoms with Gasteiger partial charge in [-0.2, -0.15) is 0 Å². The lowest BCUT2D eigenvalue weighted by Crippen LogP contribution is -2.37. The minimum Gasteiger partial charge on any atom is -0.375 e. The highest BCUT2D eigenvalue weighted by atomic mass is 16.2. The van der Waals surface area contributed by atoms with Crippen molar-refractivity contribution >= 4 is 17.3 Å². The monoisotopic (exact) mass is 310 g/mol. The average molecular weight is 310 g/mol. The van der Waals surface area contributed by atoms with Crippen molar-refractivity contribution in [3.8, 4) is 0 Å². The Kier molecular flexibility index (Phi) is 5.43. The van der Waals surface area contributed by atoms with Gasteiger partial charge in [0.2, 0.25) is 0 Å². The molecule has 2 aromatic rings. The fourth-order valence-corrected chi connectivity index (χ4v) is 2.64. The predicted octanol–water partition coefficient (Wildman–Crippen LogP) is 4.51. The molecule has 0 aliphatic rings. The Morgan fingerprint density at radius 1 is 1.04 bits per heavy atom. The van der Waals surface area contributed by atoms with Crippen LogP contribution in [0.2, 0.25) is 0 Å². The van der Waals surface area contributed by atoms with E-state index in [1.807, 2.05) is 81.2 Å². The smallest absolute Gasteiger partial charge is 0.258 e. The van der Waals surface area contributed by atoms with E-state index in [9.17, 15) is 4.79 Å². The molecule has 1 amide bonds. The number of carbonyl (C=O) groups excluding carboxylic acids is 1. The zero-order valence-corrected chi connectivity index (χ0v) is 14.7. The maximum absolute atomic E-state index is 13.0. The number of aryl methyl sites for hydroxylation is 1. The largest absolute Gasteiger partial charge is 0.375 e. The SMILES string of the molecule is CCN(C)c1ccc(C(=O)N(c2ccccc2C)C(C)C)cc1. The molecule has 0 aliphatic carbocycles. The van der Waals surface area contributed by atoms with Gasteiger partial charge >= 0.3 is 0 Å². The lowest BCUT2D eigenvalue weighted by Gasteiger charge is -2.28. The van der Waals surface area contributed by atoms with Gasteiger partial charge in [-0.3, -0.25) is 4.79 Å². The first-order valence-corrected chi connectivity index (χ1v) is 8.16. The summed E-state index contributed by atoms with van der Waals surface area (Å²) in [6, 6.07) is 16.0. The highest BCUT2D eigenvalue weighted by Crippen LogP contribution is 2.24. The summed E-state index contributed by atoms with van der Waals surface area (Å²) in [5.74, 6) is 0.0417. The number of hydrogen-bond acceptors (Lipinski definition) is 2. The van der Waals surface area contributed by atoms with Crippen LogP contribution in [0.4, 0.5) is 11.4 Å². The van der Waals surface area contributed by atoms with Crippen LogP contribution in [0.15, 0.2) is 48.5 Å². The molecule has 0 heterocycles.